The third-order valence-electron chi connectivity index (χ3n) is 2.02. The molecule has 3 N–H and O–H groups in total. The van der Waals surface area contributed by atoms with Gasteiger partial charge >= 0.3 is 0 Å². The first-order valence-corrected chi connectivity index (χ1v) is 4.71. The number of hydrogen-bond donors (Lipinski definition) is 2. The molecule has 0 bridgehead atoms. The van der Waals surface area contributed by atoms with E-state index in [-0.39, 0.29) is 0 Å². The van der Waals surface area contributed by atoms with Gasteiger partial charge in [0.05, 0.1) is 11.8 Å². The maximum Gasteiger partial charge on any atom is 0.252 e. The SMILES string of the molecule is NC(=O)c1ccnnc1Nc1ccccc1. The topological polar surface area (TPSA) is 80.9 Å². The number of aromatic nitrogens is 2. The fourth-order valence-corrected chi connectivity index (χ4v) is 1.28. The average molecular weight is 214 g/mol. The summed E-state index contributed by atoms with van der Waals surface area (Å²) in [6, 6.07) is 10.9. The van der Waals surface area contributed by atoms with E-state index in [1.165, 1.54) is 12.3 Å². The van der Waals surface area contributed by atoms with Gasteiger partial charge in [0, 0.05) is 5.69 Å². The molecule has 1 amide bonds. The fraction of sp³-hybridized carbons (Fsp3) is 0. The van der Waals surface area contributed by atoms with Crippen LogP contribution in [0.15, 0.2) is 42.6 Å². The first-order valence-electron chi connectivity index (χ1n) is 4.71. The van der Waals surface area contributed by atoms with Crippen molar-refractivity contribution in [2.24, 2.45) is 5.73 Å². The fourth-order valence-electron chi connectivity index (χ4n) is 1.28. The Hall–Kier alpha value is -2.43. The van der Waals surface area contributed by atoms with Gasteiger partial charge in [-0.25, -0.2) is 0 Å². The Kier molecular flexibility index (Phi) is 2.77. The summed E-state index contributed by atoms with van der Waals surface area (Å²) in [6.07, 6.45) is 1.43. The lowest BCUT2D eigenvalue weighted by atomic mass is 10.2. The quantitative estimate of drug-likeness (QED) is 0.807. The zero-order valence-electron chi connectivity index (χ0n) is 8.42. The van der Waals surface area contributed by atoms with Crippen molar-refractivity contribution in [3.63, 3.8) is 0 Å². The second-order valence-electron chi connectivity index (χ2n) is 3.15. The van der Waals surface area contributed by atoms with E-state index in [1.807, 2.05) is 30.3 Å². The van der Waals surface area contributed by atoms with Gasteiger partial charge in [0.15, 0.2) is 5.82 Å². The third kappa shape index (κ3) is 2.14. The molecule has 5 nitrogen and oxygen atoms in total. The first-order chi connectivity index (χ1) is 7.77. The standard InChI is InChI=1S/C11H10N4O/c12-10(16)9-6-7-13-15-11(9)14-8-4-2-1-3-5-8/h1-7H,(H2,12,16)(H,14,15). The highest BCUT2D eigenvalue weighted by Gasteiger charge is 2.09. The molecular weight excluding hydrogens is 204 g/mol. The highest BCUT2D eigenvalue weighted by Crippen LogP contribution is 2.16. The summed E-state index contributed by atoms with van der Waals surface area (Å²) in [5.74, 6) is -0.172. The molecule has 5 heteroatoms. The molecule has 0 aliphatic rings. The lowest BCUT2D eigenvalue weighted by Crippen LogP contribution is -2.14. The minimum atomic E-state index is -0.534. The van der Waals surface area contributed by atoms with Crippen molar-refractivity contribution in [3.8, 4) is 0 Å². The molecule has 0 unspecified atom stereocenters. The predicted octanol–water partition coefficient (Wildman–Crippen LogP) is 1.32. The lowest BCUT2D eigenvalue weighted by Gasteiger charge is -2.06. The molecule has 16 heavy (non-hydrogen) atoms. The van der Waals surface area contributed by atoms with Gasteiger partial charge in [-0.1, -0.05) is 18.2 Å². The van der Waals surface area contributed by atoms with Gasteiger partial charge in [-0.3, -0.25) is 4.79 Å². The van der Waals surface area contributed by atoms with E-state index in [0.717, 1.165) is 5.69 Å². The zero-order chi connectivity index (χ0) is 11.4. The number of carbonyl (C=O) groups is 1. The Balaban J connectivity index is 2.31. The summed E-state index contributed by atoms with van der Waals surface area (Å²) in [4.78, 5) is 11.1. The van der Waals surface area contributed by atoms with Gasteiger partial charge in [0.1, 0.15) is 0 Å². The van der Waals surface area contributed by atoms with Crippen molar-refractivity contribution in [2.45, 2.75) is 0 Å². The van der Waals surface area contributed by atoms with Gasteiger partial charge in [-0.2, -0.15) is 5.10 Å². The molecule has 80 valence electrons. The van der Waals surface area contributed by atoms with Crippen molar-refractivity contribution >= 4 is 17.4 Å². The number of nitrogens with one attached hydrogen (secondary N) is 1. The highest BCUT2D eigenvalue weighted by atomic mass is 16.1. The lowest BCUT2D eigenvalue weighted by molar-refractivity contribution is 0.100. The number of benzene rings is 1. The number of amides is 1. The number of anilines is 2. The molecule has 0 spiro atoms. The number of carbonyl (C=O) groups excluding carboxylic acids is 1. The number of nitrogens with zero attached hydrogens (tertiary/aromatic N) is 2. The van der Waals surface area contributed by atoms with E-state index >= 15 is 0 Å². The molecule has 0 aliphatic carbocycles. The second-order valence-corrected chi connectivity index (χ2v) is 3.15. The van der Waals surface area contributed by atoms with Crippen LogP contribution in [0.1, 0.15) is 10.4 Å². The van der Waals surface area contributed by atoms with E-state index < -0.39 is 5.91 Å². The minimum Gasteiger partial charge on any atom is -0.365 e. The van der Waals surface area contributed by atoms with E-state index in [0.29, 0.717) is 11.4 Å². The summed E-state index contributed by atoms with van der Waals surface area (Å²) in [5.41, 5.74) is 6.36. The van der Waals surface area contributed by atoms with E-state index in [4.69, 9.17) is 5.73 Å². The van der Waals surface area contributed by atoms with Crippen LogP contribution in [0.4, 0.5) is 11.5 Å². The van der Waals surface area contributed by atoms with Crippen LogP contribution >= 0.6 is 0 Å². The zero-order valence-corrected chi connectivity index (χ0v) is 8.42. The third-order valence-corrected chi connectivity index (χ3v) is 2.02. The molecular formula is C11H10N4O. The number of rotatable bonds is 3. The van der Waals surface area contributed by atoms with Crippen molar-refractivity contribution in [1.82, 2.24) is 10.2 Å². The number of hydrogen-bond acceptors (Lipinski definition) is 4. The maximum absolute atomic E-state index is 11.1. The molecule has 2 rings (SSSR count). The Bertz CT molecular complexity index is 498. The molecule has 0 saturated heterocycles. The van der Waals surface area contributed by atoms with Crippen molar-refractivity contribution in [1.29, 1.82) is 0 Å². The van der Waals surface area contributed by atoms with Crippen LogP contribution in [0, 0.1) is 0 Å². The second kappa shape index (κ2) is 4.39. The van der Waals surface area contributed by atoms with Crippen LogP contribution in [-0.4, -0.2) is 16.1 Å². The van der Waals surface area contributed by atoms with E-state index in [1.54, 1.807) is 0 Å². The van der Waals surface area contributed by atoms with Crippen LogP contribution in [0.5, 0.6) is 0 Å². The Morgan fingerprint density at radius 2 is 1.94 bits per heavy atom. The monoisotopic (exact) mass is 214 g/mol. The van der Waals surface area contributed by atoms with Gasteiger partial charge < -0.3 is 11.1 Å². The summed E-state index contributed by atoms with van der Waals surface area (Å²) in [7, 11) is 0. The Morgan fingerprint density at radius 3 is 2.62 bits per heavy atom. The minimum absolute atomic E-state index is 0.318. The van der Waals surface area contributed by atoms with Crippen LogP contribution in [0.2, 0.25) is 0 Å². The molecule has 2 aromatic rings. The van der Waals surface area contributed by atoms with E-state index in [9.17, 15) is 4.79 Å². The summed E-state index contributed by atoms with van der Waals surface area (Å²) >= 11 is 0. The smallest absolute Gasteiger partial charge is 0.252 e. The summed E-state index contributed by atoms with van der Waals surface area (Å²) in [5, 5.41) is 10.5. The Morgan fingerprint density at radius 1 is 1.19 bits per heavy atom. The largest absolute Gasteiger partial charge is 0.365 e. The molecule has 0 atom stereocenters. The number of nitrogens with two attached hydrogens (primary N) is 1. The normalized spacial score (nSPS) is 9.75. The highest BCUT2D eigenvalue weighted by molar-refractivity contribution is 5.97. The molecule has 1 aromatic heterocycles. The molecule has 0 saturated carbocycles. The van der Waals surface area contributed by atoms with Gasteiger partial charge in [-0.15, -0.1) is 5.10 Å². The summed E-state index contributed by atoms with van der Waals surface area (Å²) in [6.45, 7) is 0. The molecule has 0 radical (unpaired) electrons. The number of primary amides is 1. The van der Waals surface area contributed by atoms with Crippen molar-refractivity contribution < 1.29 is 4.79 Å². The van der Waals surface area contributed by atoms with Gasteiger partial charge in [0.2, 0.25) is 0 Å². The molecule has 0 aliphatic heterocycles. The Labute approximate surface area is 92.3 Å². The summed E-state index contributed by atoms with van der Waals surface area (Å²) < 4.78 is 0. The van der Waals surface area contributed by atoms with Crippen molar-refractivity contribution in [3.05, 3.63) is 48.2 Å². The van der Waals surface area contributed by atoms with Crippen LogP contribution in [0.3, 0.4) is 0 Å². The average Bonchev–Trinajstić information content (AvgIpc) is 2.31. The molecule has 1 aromatic carbocycles. The van der Waals surface area contributed by atoms with Crippen molar-refractivity contribution in [2.75, 3.05) is 5.32 Å². The predicted molar refractivity (Wildman–Crippen MR) is 60.3 cm³/mol. The van der Waals surface area contributed by atoms with Crippen LogP contribution in [-0.2, 0) is 0 Å². The van der Waals surface area contributed by atoms with E-state index in [2.05, 4.69) is 15.5 Å². The van der Waals surface area contributed by atoms with Gasteiger partial charge in [-0.05, 0) is 18.2 Å². The first kappa shape index (κ1) is 10.1. The molecule has 1 heterocycles. The van der Waals surface area contributed by atoms with Crippen LogP contribution < -0.4 is 11.1 Å². The number of para-hydroxylation sites is 1. The molecule has 0 fully saturated rings. The maximum atomic E-state index is 11.1. The van der Waals surface area contributed by atoms with Crippen LogP contribution in [0.25, 0.3) is 0 Å². The van der Waals surface area contributed by atoms with Gasteiger partial charge in [0.25, 0.3) is 5.91 Å².